The Morgan fingerprint density at radius 3 is 1.23 bits per heavy atom. The van der Waals surface area contributed by atoms with E-state index in [1.54, 1.807) is 0 Å². The van der Waals surface area contributed by atoms with Crippen LogP contribution in [0.25, 0.3) is 0 Å². The first-order chi connectivity index (χ1) is 4.86. The summed E-state index contributed by atoms with van der Waals surface area (Å²) in [5, 5.41) is 33.3. The third-order valence-corrected chi connectivity index (χ3v) is 0.289. The molecule has 0 aromatic rings. The standard InChI is InChI=1S/C3H4O4.Hf.NO3.Ti/c4-2(5)1-3(6)7;;2-1(3)4;/h1H2,(H,4,5)(H,6,7);;;/q;;-1;/p-2. The van der Waals surface area contributed by atoms with Crippen molar-refractivity contribution in [3.8, 4) is 0 Å². The maximum absolute atomic E-state index is 9.28. The number of hydrogen-bond donors (Lipinski definition) is 0. The van der Waals surface area contributed by atoms with Crippen molar-refractivity contribution in [3.05, 3.63) is 15.3 Å². The molecule has 0 unspecified atom stereocenters. The molecule has 0 saturated heterocycles. The van der Waals surface area contributed by atoms with Crippen molar-refractivity contribution in [3.63, 3.8) is 0 Å². The molecule has 0 radical (unpaired) electrons. The Labute approximate surface area is 106 Å². The molecule has 0 atom stereocenters. The van der Waals surface area contributed by atoms with E-state index in [-0.39, 0.29) is 47.6 Å². The molecule has 0 fully saturated rings. The van der Waals surface area contributed by atoms with E-state index < -0.39 is 23.4 Å². The Morgan fingerprint density at radius 2 is 1.23 bits per heavy atom. The maximum atomic E-state index is 9.28. The molecule has 10 heteroatoms. The summed E-state index contributed by atoms with van der Waals surface area (Å²) in [4.78, 5) is 26.8. The van der Waals surface area contributed by atoms with Gasteiger partial charge in [0.25, 0.3) is 0 Å². The van der Waals surface area contributed by atoms with Gasteiger partial charge in [-0.1, -0.05) is 0 Å². The molecule has 0 rings (SSSR count). The minimum Gasteiger partial charge on any atom is -0.550 e. The number of carbonyl (C=O) groups is 2. The Balaban J connectivity index is -0.0000000600. The molecule has 8 nitrogen and oxygen atoms in total. The minimum atomic E-state index is -1.75. The van der Waals surface area contributed by atoms with Crippen LogP contribution < -0.4 is 10.2 Å². The van der Waals surface area contributed by atoms with Crippen molar-refractivity contribution in [1.82, 2.24) is 0 Å². The van der Waals surface area contributed by atoms with Gasteiger partial charge in [-0.25, -0.2) is 0 Å². The van der Waals surface area contributed by atoms with E-state index >= 15 is 0 Å². The topological polar surface area (TPSA) is 146 Å². The van der Waals surface area contributed by atoms with E-state index in [1.807, 2.05) is 0 Å². The number of carboxylic acid groups (broad SMARTS) is 2. The van der Waals surface area contributed by atoms with E-state index in [4.69, 9.17) is 15.3 Å². The van der Waals surface area contributed by atoms with Gasteiger partial charge in [0.2, 0.25) is 0 Å². The third-order valence-electron chi connectivity index (χ3n) is 0.289. The van der Waals surface area contributed by atoms with Crippen LogP contribution in [0.4, 0.5) is 0 Å². The molecule has 0 aromatic carbocycles. The van der Waals surface area contributed by atoms with Crippen molar-refractivity contribution < 1.29 is 72.4 Å². The second kappa shape index (κ2) is 14.3. The maximum Gasteiger partial charge on any atom is 0.0689 e. The molecule has 72 valence electrons. The summed E-state index contributed by atoms with van der Waals surface area (Å²) in [5.74, 6) is -3.25. The molecule has 0 spiro atoms. The van der Waals surface area contributed by atoms with Crippen molar-refractivity contribution in [2.45, 2.75) is 6.42 Å². The van der Waals surface area contributed by atoms with E-state index in [2.05, 4.69) is 0 Å². The van der Waals surface area contributed by atoms with Crippen LogP contribution in [0.5, 0.6) is 0 Å². The van der Waals surface area contributed by atoms with Crippen LogP contribution >= 0.6 is 0 Å². The molecular formula is C3H2HfNO7Ti-3. The largest absolute Gasteiger partial charge is 0.550 e. The van der Waals surface area contributed by atoms with E-state index in [0.717, 1.165) is 0 Å². The molecular weight excluding hydrogens is 388 g/mol. The fourth-order valence-electron chi connectivity index (χ4n) is 0.118. The van der Waals surface area contributed by atoms with Crippen molar-refractivity contribution in [2.24, 2.45) is 0 Å². The van der Waals surface area contributed by atoms with Gasteiger partial charge in [-0.2, -0.15) is 0 Å². The summed E-state index contributed by atoms with van der Waals surface area (Å²) >= 11 is 0. The molecule has 0 saturated carbocycles. The zero-order valence-corrected chi connectivity index (χ0v) is 11.2. The van der Waals surface area contributed by atoms with Crippen LogP contribution in [0.1, 0.15) is 6.42 Å². The first-order valence-corrected chi connectivity index (χ1v) is 2.07. The summed E-state index contributed by atoms with van der Waals surface area (Å²) < 4.78 is 0. The average Bonchev–Trinajstić information content (AvgIpc) is 1.56. The zero-order valence-electron chi connectivity index (χ0n) is 6.01. The summed E-state index contributed by atoms with van der Waals surface area (Å²) in [5.41, 5.74) is 0. The van der Waals surface area contributed by atoms with Gasteiger partial charge in [0.05, 0.1) is 5.09 Å². The van der Waals surface area contributed by atoms with E-state index in [1.165, 1.54) is 0 Å². The van der Waals surface area contributed by atoms with E-state index in [9.17, 15) is 19.8 Å². The van der Waals surface area contributed by atoms with Gasteiger partial charge in [-0.3, -0.25) is 0 Å². The molecule has 0 aliphatic heterocycles. The second-order valence-corrected chi connectivity index (χ2v) is 1.14. The smallest absolute Gasteiger partial charge is 0.0689 e. The van der Waals surface area contributed by atoms with Crippen LogP contribution in [0.2, 0.25) is 0 Å². The van der Waals surface area contributed by atoms with Gasteiger partial charge in [-0.05, 0) is 0 Å². The SMILES string of the molecule is O=C([O-])CC(=O)[O-].O=[N+]([O-])[O-].[Hf].[Ti]. The monoisotopic (exact) mass is 392 g/mol. The quantitative estimate of drug-likeness (QED) is 0.207. The van der Waals surface area contributed by atoms with E-state index in [0.29, 0.717) is 0 Å². The fourth-order valence-corrected chi connectivity index (χ4v) is 0.118. The van der Waals surface area contributed by atoms with Gasteiger partial charge in [-0.15, -0.1) is 0 Å². The van der Waals surface area contributed by atoms with Gasteiger partial charge in [0, 0.05) is 65.9 Å². The minimum absolute atomic E-state index is 0. The van der Waals surface area contributed by atoms with Crippen LogP contribution in [-0.4, -0.2) is 17.0 Å². The number of rotatable bonds is 2. The molecule has 13 heavy (non-hydrogen) atoms. The molecule has 0 aliphatic carbocycles. The normalized spacial score (nSPS) is 6.15. The molecule has 0 amide bonds. The van der Waals surface area contributed by atoms with Crippen LogP contribution in [0, 0.1) is 15.3 Å². The molecule has 0 N–H and O–H groups in total. The van der Waals surface area contributed by atoms with Crippen molar-refractivity contribution in [2.75, 3.05) is 0 Å². The number of nitrogens with zero attached hydrogens (tertiary/aromatic N) is 1. The molecule has 0 bridgehead atoms. The van der Waals surface area contributed by atoms with Gasteiger partial charge in [0.15, 0.2) is 0 Å². The summed E-state index contributed by atoms with van der Waals surface area (Å²) in [6, 6.07) is 0. The van der Waals surface area contributed by atoms with Crippen LogP contribution in [0.3, 0.4) is 0 Å². The first kappa shape index (κ1) is 23.0. The van der Waals surface area contributed by atoms with Gasteiger partial charge < -0.3 is 35.1 Å². The zero-order chi connectivity index (χ0) is 9.44. The Hall–Kier alpha value is -0.276. The Bertz CT molecular complexity index is 157. The summed E-state index contributed by atoms with van der Waals surface area (Å²) in [6.45, 7) is 0. The predicted molar refractivity (Wildman–Crippen MR) is 25.0 cm³/mol. The van der Waals surface area contributed by atoms with Gasteiger partial charge >= 0.3 is 0 Å². The average molecular weight is 390 g/mol. The van der Waals surface area contributed by atoms with Gasteiger partial charge in [0.1, 0.15) is 0 Å². The number of aliphatic carboxylic acids is 2. The third kappa shape index (κ3) is 79.9. The molecule has 0 aromatic heterocycles. The predicted octanol–water partition coefficient (Wildman–Crippen LogP) is -3.37. The summed E-state index contributed by atoms with van der Waals surface area (Å²) in [7, 11) is 0. The number of carbonyl (C=O) groups excluding carboxylic acids is 2. The fraction of sp³-hybridized carbons (Fsp3) is 0.333. The number of hydrogen-bond acceptors (Lipinski definition) is 7. The Kier molecular flexibility index (Phi) is 25.2. The second-order valence-electron chi connectivity index (χ2n) is 1.14. The van der Waals surface area contributed by atoms with Crippen molar-refractivity contribution >= 4 is 11.9 Å². The Morgan fingerprint density at radius 1 is 1.08 bits per heavy atom. The molecule has 0 heterocycles. The van der Waals surface area contributed by atoms with Crippen molar-refractivity contribution in [1.29, 1.82) is 0 Å². The van der Waals surface area contributed by atoms with Crippen LogP contribution in [0.15, 0.2) is 0 Å². The summed E-state index contributed by atoms with van der Waals surface area (Å²) in [6.07, 6.45) is -1.03. The van der Waals surface area contributed by atoms with Crippen LogP contribution in [-0.2, 0) is 57.2 Å². The number of carboxylic acids is 2. The molecule has 0 aliphatic rings. The first-order valence-electron chi connectivity index (χ1n) is 2.07.